The summed E-state index contributed by atoms with van der Waals surface area (Å²) in [5, 5.41) is 11.7. The third-order valence-corrected chi connectivity index (χ3v) is 7.19. The molecule has 194 valence electrons. The average Bonchev–Trinajstić information content (AvgIpc) is 3.26. The third kappa shape index (κ3) is 5.37. The van der Waals surface area contributed by atoms with E-state index in [-0.39, 0.29) is 18.1 Å². The summed E-state index contributed by atoms with van der Waals surface area (Å²) in [7, 11) is 1.59. The molecule has 0 bridgehead atoms. The maximum atomic E-state index is 13.8. The summed E-state index contributed by atoms with van der Waals surface area (Å²) in [6.45, 7) is 1.75. The van der Waals surface area contributed by atoms with Crippen molar-refractivity contribution in [2.75, 3.05) is 19.0 Å². The van der Waals surface area contributed by atoms with E-state index in [4.69, 9.17) is 14.7 Å². The number of rotatable bonds is 7. The van der Waals surface area contributed by atoms with Gasteiger partial charge < -0.3 is 14.8 Å². The van der Waals surface area contributed by atoms with Gasteiger partial charge in [0.15, 0.2) is 11.4 Å². The first kappa shape index (κ1) is 25.7. The molecular weight excluding hydrogens is 512 g/mol. The molecule has 0 saturated heterocycles. The third-order valence-electron chi connectivity index (χ3n) is 6.21. The second-order valence-corrected chi connectivity index (χ2v) is 9.70. The van der Waals surface area contributed by atoms with Crippen LogP contribution in [0.2, 0.25) is 0 Å². The number of nitriles is 1. The smallest absolute Gasteiger partial charge is 0.271 e. The Bertz CT molecular complexity index is 1760. The maximum Gasteiger partial charge on any atom is 0.271 e. The van der Waals surface area contributed by atoms with Crippen LogP contribution in [-0.4, -0.2) is 24.2 Å². The Balaban J connectivity index is 1.60. The molecule has 0 spiro atoms. The number of fused-ring (bicyclic) bond motifs is 1. The zero-order valence-corrected chi connectivity index (χ0v) is 22.1. The number of para-hydroxylation sites is 1. The lowest BCUT2D eigenvalue weighted by Crippen LogP contribution is -2.40. The topological polar surface area (TPSA) is 106 Å². The highest BCUT2D eigenvalue weighted by atomic mass is 32.1. The minimum absolute atomic E-state index is 0.0388. The van der Waals surface area contributed by atoms with E-state index >= 15 is 0 Å². The number of ether oxygens (including phenoxy) is 2. The lowest BCUT2D eigenvalue weighted by molar-refractivity contribution is -0.113. The van der Waals surface area contributed by atoms with Crippen LogP contribution in [-0.2, 0) is 4.79 Å². The molecule has 1 aliphatic heterocycles. The van der Waals surface area contributed by atoms with Crippen molar-refractivity contribution in [1.29, 1.82) is 5.26 Å². The van der Waals surface area contributed by atoms with E-state index in [2.05, 4.69) is 10.3 Å². The number of thiazole rings is 1. The minimum atomic E-state index is -0.681. The van der Waals surface area contributed by atoms with Crippen molar-refractivity contribution in [2.45, 2.75) is 13.0 Å². The second kappa shape index (κ2) is 11.2. The first-order valence-electron chi connectivity index (χ1n) is 12.1. The number of carbonyl (C=O) groups excluding carboxylic acids is 1. The molecule has 8 nitrogen and oxygen atoms in total. The first-order valence-corrected chi connectivity index (χ1v) is 12.9. The molecule has 1 N–H and O–H groups in total. The highest BCUT2D eigenvalue weighted by Crippen LogP contribution is 2.31. The van der Waals surface area contributed by atoms with Crippen LogP contribution in [0.4, 0.5) is 5.69 Å². The summed E-state index contributed by atoms with van der Waals surface area (Å²) in [5.74, 6) is 0.911. The number of hydrogen-bond acceptors (Lipinski definition) is 7. The van der Waals surface area contributed by atoms with Crippen molar-refractivity contribution in [2.24, 2.45) is 4.99 Å². The van der Waals surface area contributed by atoms with Gasteiger partial charge in [-0.05, 0) is 60.5 Å². The molecular formula is C30H24N4O4S. The van der Waals surface area contributed by atoms with Gasteiger partial charge in [-0.2, -0.15) is 5.26 Å². The molecule has 3 aromatic carbocycles. The number of aromatic nitrogens is 1. The van der Waals surface area contributed by atoms with Gasteiger partial charge in [-0.25, -0.2) is 4.99 Å². The molecule has 0 unspecified atom stereocenters. The molecule has 2 heterocycles. The number of amides is 1. The Morgan fingerprint density at radius 3 is 2.44 bits per heavy atom. The van der Waals surface area contributed by atoms with Crippen molar-refractivity contribution in [3.05, 3.63) is 121 Å². The molecule has 0 aliphatic carbocycles. The van der Waals surface area contributed by atoms with Gasteiger partial charge in [0.05, 0.1) is 29.0 Å². The van der Waals surface area contributed by atoms with Gasteiger partial charge in [-0.15, -0.1) is 0 Å². The van der Waals surface area contributed by atoms with Crippen molar-refractivity contribution in [3.8, 4) is 17.6 Å². The molecule has 9 heteroatoms. The highest BCUT2D eigenvalue weighted by molar-refractivity contribution is 7.07. The standard InChI is InChI=1S/C30H24N4O4S/c1-19-26(28(35)33-22-6-4-3-5-7-22)27(21-10-14-23(37-2)15-11-21)34-29(36)25(39-30(34)32-19)18-20-8-12-24(13-9-20)38-17-16-31/h3-15,18,27H,17H2,1-2H3,(H,33,35)/b25-18+/t27-/m1/s1. The lowest BCUT2D eigenvalue weighted by atomic mass is 9.95. The minimum Gasteiger partial charge on any atom is -0.497 e. The van der Waals surface area contributed by atoms with Gasteiger partial charge in [-0.3, -0.25) is 14.2 Å². The van der Waals surface area contributed by atoms with Crippen molar-refractivity contribution < 1.29 is 14.3 Å². The fraction of sp³-hybridized carbons (Fsp3) is 0.133. The lowest BCUT2D eigenvalue weighted by Gasteiger charge is -2.25. The van der Waals surface area contributed by atoms with Gasteiger partial charge in [0, 0.05) is 5.69 Å². The number of anilines is 1. The summed E-state index contributed by atoms with van der Waals surface area (Å²) in [4.78, 5) is 32.6. The summed E-state index contributed by atoms with van der Waals surface area (Å²) < 4.78 is 12.7. The van der Waals surface area contributed by atoms with E-state index in [0.717, 1.165) is 11.1 Å². The normalized spacial score (nSPS) is 14.7. The molecule has 1 aliphatic rings. The van der Waals surface area contributed by atoms with Crippen LogP contribution >= 0.6 is 11.3 Å². The molecule has 0 radical (unpaired) electrons. The van der Waals surface area contributed by atoms with Gasteiger partial charge in [0.25, 0.3) is 11.5 Å². The number of allylic oxidation sites excluding steroid dienone is 1. The van der Waals surface area contributed by atoms with E-state index in [1.807, 2.05) is 72.8 Å². The van der Waals surface area contributed by atoms with Gasteiger partial charge >= 0.3 is 0 Å². The van der Waals surface area contributed by atoms with E-state index in [1.165, 1.54) is 11.3 Å². The quantitative estimate of drug-likeness (QED) is 0.387. The molecule has 1 atom stereocenters. The Morgan fingerprint density at radius 2 is 1.77 bits per heavy atom. The van der Waals surface area contributed by atoms with Gasteiger partial charge in [-0.1, -0.05) is 53.8 Å². The zero-order chi connectivity index (χ0) is 27.4. The van der Waals surface area contributed by atoms with E-state index in [1.54, 1.807) is 36.8 Å². The van der Waals surface area contributed by atoms with Crippen LogP contribution in [0.25, 0.3) is 6.08 Å². The molecule has 0 saturated carbocycles. The predicted octanol–water partition coefficient (Wildman–Crippen LogP) is 3.78. The largest absolute Gasteiger partial charge is 0.497 e. The van der Waals surface area contributed by atoms with Crippen LogP contribution in [0.3, 0.4) is 0 Å². The molecule has 4 aromatic rings. The number of nitrogens with one attached hydrogen (secondary N) is 1. The monoisotopic (exact) mass is 536 g/mol. The molecule has 39 heavy (non-hydrogen) atoms. The van der Waals surface area contributed by atoms with Crippen LogP contribution in [0.15, 0.2) is 99.9 Å². The van der Waals surface area contributed by atoms with Crippen molar-refractivity contribution in [1.82, 2.24) is 4.57 Å². The summed E-state index contributed by atoms with van der Waals surface area (Å²) in [6, 6.07) is 24.9. The predicted molar refractivity (Wildman–Crippen MR) is 149 cm³/mol. The SMILES string of the molecule is COc1ccc([C@@H]2C(C(=O)Nc3ccccc3)=C(C)N=c3s/c(=C/c4ccc(OCC#N)cc4)c(=O)n32)cc1. The molecule has 1 amide bonds. The van der Waals surface area contributed by atoms with Crippen LogP contribution in [0.5, 0.6) is 11.5 Å². The number of hydrogen-bond donors (Lipinski definition) is 1. The fourth-order valence-electron chi connectivity index (χ4n) is 4.36. The van der Waals surface area contributed by atoms with Crippen molar-refractivity contribution >= 4 is 29.0 Å². The average molecular weight is 537 g/mol. The summed E-state index contributed by atoms with van der Waals surface area (Å²) in [5.41, 5.74) is 2.88. The highest BCUT2D eigenvalue weighted by Gasteiger charge is 2.32. The number of benzene rings is 3. The Labute approximate surface area is 228 Å². The zero-order valence-electron chi connectivity index (χ0n) is 21.3. The van der Waals surface area contributed by atoms with Gasteiger partial charge in [0.1, 0.15) is 17.6 Å². The first-order chi connectivity index (χ1) is 19.0. The van der Waals surface area contributed by atoms with E-state index in [9.17, 15) is 9.59 Å². The number of nitrogens with zero attached hydrogens (tertiary/aromatic N) is 3. The Morgan fingerprint density at radius 1 is 1.08 bits per heavy atom. The number of methoxy groups -OCH3 is 1. The molecule has 1 aromatic heterocycles. The van der Waals surface area contributed by atoms with Crippen LogP contribution < -0.4 is 29.7 Å². The van der Waals surface area contributed by atoms with E-state index in [0.29, 0.717) is 37.8 Å². The Hall–Kier alpha value is -4.94. The van der Waals surface area contributed by atoms with Crippen LogP contribution in [0, 0.1) is 11.3 Å². The van der Waals surface area contributed by atoms with Gasteiger partial charge in [0.2, 0.25) is 0 Å². The summed E-state index contributed by atoms with van der Waals surface area (Å²) >= 11 is 1.27. The fourth-order valence-corrected chi connectivity index (χ4v) is 5.41. The molecule has 0 fully saturated rings. The Kier molecular flexibility index (Phi) is 7.39. The van der Waals surface area contributed by atoms with Crippen molar-refractivity contribution in [3.63, 3.8) is 0 Å². The maximum absolute atomic E-state index is 13.8. The van der Waals surface area contributed by atoms with E-state index < -0.39 is 6.04 Å². The second-order valence-electron chi connectivity index (χ2n) is 8.69. The van der Waals surface area contributed by atoms with Crippen LogP contribution in [0.1, 0.15) is 24.1 Å². The summed E-state index contributed by atoms with van der Waals surface area (Å²) in [6.07, 6.45) is 1.78. The number of carbonyl (C=O) groups is 1. The molecule has 5 rings (SSSR count).